The Bertz CT molecular complexity index is 1140. The van der Waals surface area contributed by atoms with E-state index in [9.17, 15) is 4.79 Å². The number of thioether (sulfide) groups is 1. The molecule has 0 saturated carbocycles. The lowest BCUT2D eigenvalue weighted by atomic mass is 10.0. The molecule has 1 aromatic heterocycles. The first-order valence-corrected chi connectivity index (χ1v) is 10.6. The van der Waals surface area contributed by atoms with E-state index >= 15 is 0 Å². The largest absolute Gasteiger partial charge is 0.355 e. The number of aromatic nitrogens is 1. The summed E-state index contributed by atoms with van der Waals surface area (Å²) >= 11 is 1.56. The normalized spacial score (nSPS) is 10.7. The first-order chi connectivity index (χ1) is 14.2. The number of benzene rings is 3. The summed E-state index contributed by atoms with van der Waals surface area (Å²) in [5.74, 6) is -0.0827. The molecule has 2 N–H and O–H groups in total. The molecule has 1 amide bonds. The number of amides is 1. The van der Waals surface area contributed by atoms with Crippen LogP contribution in [0.15, 0.2) is 90.1 Å². The molecule has 29 heavy (non-hydrogen) atoms. The Hall–Kier alpha value is -3.31. The number of carbonyl (C=O) groups is 1. The van der Waals surface area contributed by atoms with Crippen LogP contribution in [0.4, 0.5) is 11.4 Å². The fourth-order valence-corrected chi connectivity index (χ4v) is 3.86. The zero-order valence-corrected chi connectivity index (χ0v) is 16.9. The number of nitrogens with one attached hydrogen (secondary N) is 2. The zero-order valence-electron chi connectivity index (χ0n) is 16.1. The first kappa shape index (κ1) is 19.0. The number of fused-ring (bicyclic) bond motifs is 1. The Morgan fingerprint density at radius 2 is 1.72 bits per heavy atom. The number of hydrogen-bond donors (Lipinski definition) is 2. The summed E-state index contributed by atoms with van der Waals surface area (Å²) < 4.78 is 0. The van der Waals surface area contributed by atoms with Gasteiger partial charge in [-0.1, -0.05) is 42.5 Å². The lowest BCUT2D eigenvalue weighted by Gasteiger charge is -2.13. The Labute approximate surface area is 174 Å². The van der Waals surface area contributed by atoms with Crippen LogP contribution < -0.4 is 10.6 Å². The van der Waals surface area contributed by atoms with Crippen molar-refractivity contribution in [3.8, 4) is 0 Å². The van der Waals surface area contributed by atoms with Gasteiger partial charge in [0.1, 0.15) is 0 Å². The average Bonchev–Trinajstić information content (AvgIpc) is 2.78. The van der Waals surface area contributed by atoms with E-state index in [0.29, 0.717) is 12.1 Å². The quantitative estimate of drug-likeness (QED) is 0.413. The third-order valence-electron chi connectivity index (χ3n) is 4.73. The second-order valence-electron chi connectivity index (χ2n) is 6.60. The predicted octanol–water partition coefficient (Wildman–Crippen LogP) is 5.63. The van der Waals surface area contributed by atoms with Crippen molar-refractivity contribution < 1.29 is 4.79 Å². The minimum atomic E-state index is -0.0827. The number of hydrogen-bond acceptors (Lipinski definition) is 4. The number of pyridine rings is 1. The van der Waals surface area contributed by atoms with E-state index in [1.807, 2.05) is 54.8 Å². The van der Waals surface area contributed by atoms with Crippen molar-refractivity contribution >= 4 is 39.8 Å². The maximum atomic E-state index is 13.0. The molecule has 4 aromatic rings. The molecule has 0 aliphatic rings. The number of rotatable bonds is 6. The van der Waals surface area contributed by atoms with Crippen molar-refractivity contribution in [1.82, 2.24) is 10.3 Å². The van der Waals surface area contributed by atoms with Crippen LogP contribution in [0.5, 0.6) is 0 Å². The molecule has 5 heteroatoms. The van der Waals surface area contributed by atoms with Gasteiger partial charge in [0.05, 0.1) is 5.56 Å². The van der Waals surface area contributed by atoms with Gasteiger partial charge in [0.25, 0.3) is 5.91 Å². The molecule has 4 nitrogen and oxygen atoms in total. The van der Waals surface area contributed by atoms with Crippen LogP contribution in [0.25, 0.3) is 10.8 Å². The Morgan fingerprint density at radius 1 is 0.931 bits per heavy atom. The van der Waals surface area contributed by atoms with E-state index in [0.717, 1.165) is 27.2 Å². The second-order valence-corrected chi connectivity index (χ2v) is 7.44. The molecule has 0 radical (unpaired) electrons. The molecule has 4 rings (SSSR count). The number of anilines is 2. The van der Waals surface area contributed by atoms with Gasteiger partial charge in [-0.05, 0) is 52.9 Å². The molecule has 1 heterocycles. The third-order valence-corrected chi connectivity index (χ3v) is 5.53. The van der Waals surface area contributed by atoms with Crippen LogP contribution in [-0.4, -0.2) is 17.1 Å². The van der Waals surface area contributed by atoms with Crippen LogP contribution in [0, 0.1) is 0 Å². The predicted molar refractivity (Wildman–Crippen MR) is 121 cm³/mol. The van der Waals surface area contributed by atoms with E-state index in [-0.39, 0.29) is 5.91 Å². The summed E-state index contributed by atoms with van der Waals surface area (Å²) in [5.41, 5.74) is 3.56. The number of nitrogens with zero attached hydrogens (tertiary/aromatic N) is 1. The molecule has 0 bridgehead atoms. The summed E-state index contributed by atoms with van der Waals surface area (Å²) in [6.45, 7) is 0.482. The molecule has 0 saturated heterocycles. The number of carbonyl (C=O) groups excluding carboxylic acids is 1. The highest BCUT2D eigenvalue weighted by Gasteiger charge is 2.13. The fraction of sp³-hybridized carbons (Fsp3) is 0.0833. The van der Waals surface area contributed by atoms with E-state index < -0.39 is 0 Å². The van der Waals surface area contributed by atoms with Crippen molar-refractivity contribution in [2.45, 2.75) is 11.4 Å². The lowest BCUT2D eigenvalue weighted by molar-refractivity contribution is 0.0948. The SMILES string of the molecule is CSc1ccc(Nc2ccncc2)cc1C(=O)NCc1cccc2ccccc12. The van der Waals surface area contributed by atoms with Crippen molar-refractivity contribution in [2.75, 3.05) is 11.6 Å². The second kappa shape index (κ2) is 8.80. The standard InChI is InChI=1S/C24H21N3OS/c1-29-23-10-9-20(27-19-11-13-25-14-12-19)15-22(23)24(28)26-16-18-7-4-6-17-5-2-3-8-21(17)18/h2-15H,16H2,1H3,(H,25,27)(H,26,28). The molecular formula is C24H21N3OS. The first-order valence-electron chi connectivity index (χ1n) is 9.34. The van der Waals surface area contributed by atoms with Crippen molar-refractivity contribution in [1.29, 1.82) is 0 Å². The monoisotopic (exact) mass is 399 g/mol. The van der Waals surface area contributed by atoms with E-state index in [2.05, 4.69) is 39.9 Å². The molecule has 0 spiro atoms. The summed E-state index contributed by atoms with van der Waals surface area (Å²) in [5, 5.41) is 8.74. The zero-order chi connectivity index (χ0) is 20.1. The van der Waals surface area contributed by atoms with E-state index in [1.165, 1.54) is 5.39 Å². The van der Waals surface area contributed by atoms with Gasteiger partial charge in [-0.2, -0.15) is 0 Å². The Morgan fingerprint density at radius 3 is 2.55 bits per heavy atom. The molecule has 0 aliphatic heterocycles. The van der Waals surface area contributed by atoms with Crippen LogP contribution in [0.2, 0.25) is 0 Å². The molecule has 0 fully saturated rings. The molecular weight excluding hydrogens is 378 g/mol. The summed E-state index contributed by atoms with van der Waals surface area (Å²) in [6, 6.07) is 24.0. The minimum Gasteiger partial charge on any atom is -0.355 e. The maximum absolute atomic E-state index is 13.0. The highest BCUT2D eigenvalue weighted by molar-refractivity contribution is 7.98. The van der Waals surface area contributed by atoms with Crippen LogP contribution in [0.1, 0.15) is 15.9 Å². The fourth-order valence-electron chi connectivity index (χ4n) is 3.28. The molecule has 0 atom stereocenters. The highest BCUT2D eigenvalue weighted by atomic mass is 32.2. The van der Waals surface area contributed by atoms with E-state index in [1.54, 1.807) is 24.2 Å². The van der Waals surface area contributed by atoms with Gasteiger partial charge in [0.2, 0.25) is 0 Å². The van der Waals surface area contributed by atoms with E-state index in [4.69, 9.17) is 0 Å². The summed E-state index contributed by atoms with van der Waals surface area (Å²) in [6.07, 6.45) is 5.44. The van der Waals surface area contributed by atoms with Crippen LogP contribution in [0.3, 0.4) is 0 Å². The summed E-state index contributed by atoms with van der Waals surface area (Å²) in [4.78, 5) is 17.9. The summed E-state index contributed by atoms with van der Waals surface area (Å²) in [7, 11) is 0. The average molecular weight is 400 g/mol. The molecule has 144 valence electrons. The lowest BCUT2D eigenvalue weighted by Crippen LogP contribution is -2.23. The molecule has 0 aliphatic carbocycles. The van der Waals surface area contributed by atoms with Crippen LogP contribution >= 0.6 is 11.8 Å². The third kappa shape index (κ3) is 4.41. The van der Waals surface area contributed by atoms with Crippen molar-refractivity contribution in [2.24, 2.45) is 0 Å². The van der Waals surface area contributed by atoms with Crippen LogP contribution in [-0.2, 0) is 6.54 Å². The van der Waals surface area contributed by atoms with Gasteiger partial charge < -0.3 is 10.6 Å². The van der Waals surface area contributed by atoms with Crippen molar-refractivity contribution in [3.63, 3.8) is 0 Å². The van der Waals surface area contributed by atoms with Gasteiger partial charge in [-0.25, -0.2) is 0 Å². The van der Waals surface area contributed by atoms with Crippen molar-refractivity contribution in [3.05, 3.63) is 96.3 Å². The minimum absolute atomic E-state index is 0.0827. The van der Waals surface area contributed by atoms with Gasteiger partial charge in [-0.15, -0.1) is 11.8 Å². The topological polar surface area (TPSA) is 54.0 Å². The Kier molecular flexibility index (Phi) is 5.77. The van der Waals surface area contributed by atoms with Gasteiger partial charge in [-0.3, -0.25) is 9.78 Å². The highest BCUT2D eigenvalue weighted by Crippen LogP contribution is 2.26. The van der Waals surface area contributed by atoms with Gasteiger partial charge in [0, 0.05) is 35.2 Å². The maximum Gasteiger partial charge on any atom is 0.252 e. The van der Waals surface area contributed by atoms with Gasteiger partial charge >= 0.3 is 0 Å². The Balaban J connectivity index is 1.55. The molecule has 0 unspecified atom stereocenters. The molecule has 3 aromatic carbocycles. The van der Waals surface area contributed by atoms with Gasteiger partial charge in [0.15, 0.2) is 0 Å². The smallest absolute Gasteiger partial charge is 0.252 e.